The molecule has 0 aromatic heterocycles. The van der Waals surface area contributed by atoms with Crippen molar-refractivity contribution in [3.8, 4) is 0 Å². The molecule has 0 fully saturated rings. The van der Waals surface area contributed by atoms with Gasteiger partial charge in [0.05, 0.1) is 19.8 Å². The highest BCUT2D eigenvalue weighted by atomic mass is 16.6. The first-order chi connectivity index (χ1) is 11.6. The second kappa shape index (κ2) is 16.2. The van der Waals surface area contributed by atoms with Crippen molar-refractivity contribution < 1.29 is 28.5 Å². The molecule has 0 saturated carbocycles. The van der Waals surface area contributed by atoms with E-state index in [1.807, 2.05) is 0 Å². The van der Waals surface area contributed by atoms with E-state index in [0.717, 1.165) is 25.2 Å². The molecule has 0 aliphatic rings. The molecular weight excluding hydrogens is 312 g/mol. The molecule has 0 N–H and O–H groups in total. The number of ether oxygens (including phenoxy) is 4. The molecular formula is C18H30O6. The molecule has 0 aromatic rings. The van der Waals surface area contributed by atoms with E-state index >= 15 is 0 Å². The summed E-state index contributed by atoms with van der Waals surface area (Å²) in [6, 6.07) is 0. The zero-order valence-electron chi connectivity index (χ0n) is 14.7. The molecule has 0 rings (SSSR count). The van der Waals surface area contributed by atoms with Gasteiger partial charge in [0.1, 0.15) is 6.61 Å². The second-order valence-corrected chi connectivity index (χ2v) is 5.20. The third-order valence-electron chi connectivity index (χ3n) is 3.10. The molecule has 1 atom stereocenters. The summed E-state index contributed by atoms with van der Waals surface area (Å²) in [6.07, 6.45) is 7.38. The average molecular weight is 342 g/mol. The lowest BCUT2D eigenvalue weighted by molar-refractivity contribution is -0.156. The van der Waals surface area contributed by atoms with Crippen LogP contribution in [0.5, 0.6) is 0 Å². The summed E-state index contributed by atoms with van der Waals surface area (Å²) in [4.78, 5) is 22.3. The lowest BCUT2D eigenvalue weighted by Crippen LogP contribution is -2.29. The molecule has 0 aromatic carbocycles. The topological polar surface area (TPSA) is 71.1 Å². The summed E-state index contributed by atoms with van der Waals surface area (Å²) in [5.74, 6) is -1.18. The monoisotopic (exact) mass is 342 g/mol. The van der Waals surface area contributed by atoms with Crippen LogP contribution in [0.1, 0.15) is 39.0 Å². The predicted octanol–water partition coefficient (Wildman–Crippen LogP) is 2.82. The minimum absolute atomic E-state index is 0.0945. The molecule has 0 spiro atoms. The van der Waals surface area contributed by atoms with Gasteiger partial charge in [-0.1, -0.05) is 45.8 Å². The van der Waals surface area contributed by atoms with Gasteiger partial charge in [0.25, 0.3) is 0 Å². The van der Waals surface area contributed by atoms with Crippen molar-refractivity contribution in [2.45, 2.75) is 45.1 Å². The highest BCUT2D eigenvalue weighted by Crippen LogP contribution is 2.02. The van der Waals surface area contributed by atoms with Gasteiger partial charge in [0.2, 0.25) is 0 Å². The van der Waals surface area contributed by atoms with Gasteiger partial charge >= 0.3 is 11.9 Å². The number of rotatable bonds is 16. The summed E-state index contributed by atoms with van der Waals surface area (Å²) in [7, 11) is 0. The minimum atomic E-state index is -0.687. The largest absolute Gasteiger partial charge is 0.458 e. The predicted molar refractivity (Wildman–Crippen MR) is 91.6 cm³/mol. The van der Waals surface area contributed by atoms with Crippen LogP contribution < -0.4 is 0 Å². The summed E-state index contributed by atoms with van der Waals surface area (Å²) in [5.41, 5.74) is 0. The van der Waals surface area contributed by atoms with E-state index < -0.39 is 18.0 Å². The zero-order chi connectivity index (χ0) is 18.0. The molecule has 6 heteroatoms. The van der Waals surface area contributed by atoms with Gasteiger partial charge in [-0.15, -0.1) is 0 Å². The van der Waals surface area contributed by atoms with Gasteiger partial charge < -0.3 is 18.9 Å². The second-order valence-electron chi connectivity index (χ2n) is 5.20. The molecule has 0 aliphatic heterocycles. The Morgan fingerprint density at radius 2 is 1.54 bits per heavy atom. The lowest BCUT2D eigenvalue weighted by Gasteiger charge is -2.17. The Morgan fingerprint density at radius 1 is 0.875 bits per heavy atom. The van der Waals surface area contributed by atoms with Crippen LogP contribution in [0.2, 0.25) is 0 Å². The average Bonchev–Trinajstić information content (AvgIpc) is 2.60. The van der Waals surface area contributed by atoms with Crippen LogP contribution in [-0.2, 0) is 28.5 Å². The van der Waals surface area contributed by atoms with Gasteiger partial charge in [0.15, 0.2) is 6.10 Å². The molecule has 24 heavy (non-hydrogen) atoms. The molecule has 0 amide bonds. The Kier molecular flexibility index (Phi) is 15.1. The first-order valence-corrected chi connectivity index (χ1v) is 8.41. The van der Waals surface area contributed by atoms with E-state index in [-0.39, 0.29) is 13.2 Å². The Hall–Kier alpha value is -1.66. The SMILES string of the molecule is C=CC(=O)OCC(COCCOCCCCCCC)OC(=O)C=C. The Morgan fingerprint density at radius 3 is 2.21 bits per heavy atom. The third-order valence-corrected chi connectivity index (χ3v) is 3.10. The molecule has 0 radical (unpaired) electrons. The van der Waals surface area contributed by atoms with E-state index in [1.165, 1.54) is 25.7 Å². The van der Waals surface area contributed by atoms with Gasteiger partial charge in [-0.2, -0.15) is 0 Å². The van der Waals surface area contributed by atoms with E-state index in [9.17, 15) is 9.59 Å². The lowest BCUT2D eigenvalue weighted by atomic mass is 10.2. The fourth-order valence-corrected chi connectivity index (χ4v) is 1.80. The van der Waals surface area contributed by atoms with Crippen molar-refractivity contribution in [1.29, 1.82) is 0 Å². The van der Waals surface area contributed by atoms with Crippen LogP contribution in [0.4, 0.5) is 0 Å². The van der Waals surface area contributed by atoms with Gasteiger partial charge in [-0.25, -0.2) is 9.59 Å². The number of hydrogen-bond acceptors (Lipinski definition) is 6. The maximum Gasteiger partial charge on any atom is 0.330 e. The highest BCUT2D eigenvalue weighted by Gasteiger charge is 2.15. The zero-order valence-corrected chi connectivity index (χ0v) is 14.7. The Bertz CT molecular complexity index is 367. The molecule has 1 unspecified atom stereocenters. The van der Waals surface area contributed by atoms with Crippen LogP contribution in [0.25, 0.3) is 0 Å². The fourth-order valence-electron chi connectivity index (χ4n) is 1.80. The van der Waals surface area contributed by atoms with Crippen molar-refractivity contribution in [2.24, 2.45) is 0 Å². The van der Waals surface area contributed by atoms with E-state index in [1.54, 1.807) is 0 Å². The van der Waals surface area contributed by atoms with Gasteiger partial charge in [-0.3, -0.25) is 0 Å². The molecule has 0 aliphatic carbocycles. The van der Waals surface area contributed by atoms with E-state index in [4.69, 9.17) is 18.9 Å². The molecule has 138 valence electrons. The fraction of sp³-hybridized carbons (Fsp3) is 0.667. The van der Waals surface area contributed by atoms with Crippen molar-refractivity contribution in [3.63, 3.8) is 0 Å². The maximum absolute atomic E-state index is 11.2. The van der Waals surface area contributed by atoms with Crippen molar-refractivity contribution in [2.75, 3.05) is 33.0 Å². The van der Waals surface area contributed by atoms with Gasteiger partial charge in [0, 0.05) is 18.8 Å². The molecule has 0 bridgehead atoms. The van der Waals surface area contributed by atoms with Crippen molar-refractivity contribution in [1.82, 2.24) is 0 Å². The maximum atomic E-state index is 11.2. The van der Waals surface area contributed by atoms with Crippen molar-refractivity contribution in [3.05, 3.63) is 25.3 Å². The smallest absolute Gasteiger partial charge is 0.330 e. The first-order valence-electron chi connectivity index (χ1n) is 8.41. The van der Waals surface area contributed by atoms with Crippen LogP contribution in [-0.4, -0.2) is 51.1 Å². The Balaban J connectivity index is 3.76. The third kappa shape index (κ3) is 14.0. The van der Waals surface area contributed by atoms with E-state index in [2.05, 4.69) is 20.1 Å². The molecule has 0 saturated heterocycles. The normalized spacial score (nSPS) is 11.5. The van der Waals surface area contributed by atoms with Crippen LogP contribution in [0, 0.1) is 0 Å². The summed E-state index contributed by atoms with van der Waals surface area (Å²) in [5, 5.41) is 0. The quantitative estimate of drug-likeness (QED) is 0.244. The van der Waals surface area contributed by atoms with E-state index in [0.29, 0.717) is 13.2 Å². The van der Waals surface area contributed by atoms with Crippen LogP contribution in [0.3, 0.4) is 0 Å². The summed E-state index contributed by atoms with van der Waals surface area (Å²) in [6.45, 7) is 10.4. The first kappa shape index (κ1) is 22.3. The standard InChI is InChI=1S/C18H30O6/c1-4-7-8-9-10-11-21-12-13-22-14-16(24-18(20)6-3)15-23-17(19)5-2/h5-6,16H,2-4,7-15H2,1H3. The number of esters is 2. The van der Waals surface area contributed by atoms with Gasteiger partial charge in [-0.05, 0) is 6.42 Å². The molecule has 0 heterocycles. The summed E-state index contributed by atoms with van der Waals surface area (Å²) < 4.78 is 20.8. The van der Waals surface area contributed by atoms with Crippen LogP contribution in [0.15, 0.2) is 25.3 Å². The number of hydrogen-bond donors (Lipinski definition) is 0. The number of unbranched alkanes of at least 4 members (excludes halogenated alkanes) is 4. The minimum Gasteiger partial charge on any atom is -0.458 e. The molecule has 6 nitrogen and oxygen atoms in total. The number of carbonyl (C=O) groups excluding carboxylic acids is 2. The Labute approximate surface area is 144 Å². The number of carbonyl (C=O) groups is 2. The summed E-state index contributed by atoms with van der Waals surface area (Å²) >= 11 is 0. The van der Waals surface area contributed by atoms with Crippen molar-refractivity contribution >= 4 is 11.9 Å². The highest BCUT2D eigenvalue weighted by molar-refractivity contribution is 5.82. The van der Waals surface area contributed by atoms with Crippen LogP contribution >= 0.6 is 0 Å².